The number of amides is 1. The molecule has 4 aromatic rings. The number of ether oxygens (including phenoxy) is 1. The highest BCUT2D eigenvalue weighted by atomic mass is 35.5. The van der Waals surface area contributed by atoms with Gasteiger partial charge in [0.25, 0.3) is 5.91 Å². The van der Waals surface area contributed by atoms with Crippen molar-refractivity contribution in [3.8, 4) is 5.75 Å². The molecule has 2 heterocycles. The zero-order valence-corrected chi connectivity index (χ0v) is 19.4. The zero-order valence-electron chi connectivity index (χ0n) is 17.9. The van der Waals surface area contributed by atoms with E-state index in [1.165, 1.54) is 0 Å². The Hall–Kier alpha value is -3.28. The molecule has 166 valence electrons. The molecular formula is C26H19Cl2NO4. The lowest BCUT2D eigenvalue weighted by molar-refractivity contribution is 0.0971. The first kappa shape index (κ1) is 21.6. The summed E-state index contributed by atoms with van der Waals surface area (Å²) in [5.74, 6) is 0.316. The average molecular weight is 480 g/mol. The van der Waals surface area contributed by atoms with Gasteiger partial charge in [-0.3, -0.25) is 14.5 Å². The van der Waals surface area contributed by atoms with E-state index in [1.54, 1.807) is 29.2 Å². The second kappa shape index (κ2) is 8.25. The van der Waals surface area contributed by atoms with Crippen molar-refractivity contribution in [2.75, 3.05) is 11.5 Å². The lowest BCUT2D eigenvalue weighted by Crippen LogP contribution is -2.29. The molecule has 0 fully saturated rings. The third-order valence-electron chi connectivity index (χ3n) is 5.77. The Morgan fingerprint density at radius 3 is 2.45 bits per heavy atom. The van der Waals surface area contributed by atoms with E-state index < -0.39 is 11.9 Å². The van der Waals surface area contributed by atoms with Crippen LogP contribution >= 0.6 is 23.2 Å². The molecule has 1 aromatic heterocycles. The highest BCUT2D eigenvalue weighted by Crippen LogP contribution is 2.42. The molecule has 0 saturated heterocycles. The lowest BCUT2D eigenvalue weighted by Gasteiger charge is -2.25. The van der Waals surface area contributed by atoms with Gasteiger partial charge in [0.1, 0.15) is 11.3 Å². The standard InChI is InChI=1S/C26H19Cl2NO4/c1-3-32-18-9-5-15(6-10-18)23-22-24(30)19-12-16(27)7-11-21(19)33-25(22)26(31)29(23)17-8-4-14(2)20(28)13-17/h4-13,23H,3H2,1-2H3. The summed E-state index contributed by atoms with van der Waals surface area (Å²) >= 11 is 12.5. The summed E-state index contributed by atoms with van der Waals surface area (Å²) in [5, 5.41) is 1.27. The molecule has 0 N–H and O–H groups in total. The van der Waals surface area contributed by atoms with E-state index in [-0.39, 0.29) is 16.8 Å². The molecule has 0 saturated carbocycles. The lowest BCUT2D eigenvalue weighted by atomic mass is 9.98. The van der Waals surface area contributed by atoms with Crippen LogP contribution in [0, 0.1) is 6.92 Å². The fraction of sp³-hybridized carbons (Fsp3) is 0.154. The Morgan fingerprint density at radius 1 is 1.00 bits per heavy atom. The molecular weight excluding hydrogens is 461 g/mol. The number of benzene rings is 3. The van der Waals surface area contributed by atoms with Crippen molar-refractivity contribution in [2.45, 2.75) is 19.9 Å². The van der Waals surface area contributed by atoms with Gasteiger partial charge in [-0.1, -0.05) is 41.4 Å². The van der Waals surface area contributed by atoms with Crippen LogP contribution < -0.4 is 15.1 Å². The number of carbonyl (C=O) groups is 1. The summed E-state index contributed by atoms with van der Waals surface area (Å²) in [6.07, 6.45) is 0. The van der Waals surface area contributed by atoms with Crippen LogP contribution in [0.3, 0.4) is 0 Å². The maximum Gasteiger partial charge on any atom is 0.295 e. The largest absolute Gasteiger partial charge is 0.494 e. The number of anilines is 1. The third-order valence-corrected chi connectivity index (χ3v) is 6.41. The number of halogens is 2. The maximum absolute atomic E-state index is 13.6. The number of carbonyl (C=O) groups excluding carboxylic acids is 1. The van der Waals surface area contributed by atoms with Crippen molar-refractivity contribution >= 4 is 45.8 Å². The van der Waals surface area contributed by atoms with E-state index in [4.69, 9.17) is 32.4 Å². The summed E-state index contributed by atoms with van der Waals surface area (Å²) in [6.45, 7) is 4.33. The van der Waals surface area contributed by atoms with Gasteiger partial charge in [-0.05, 0) is 67.4 Å². The Balaban J connectivity index is 1.77. The number of rotatable bonds is 4. The van der Waals surface area contributed by atoms with Crippen LogP contribution in [-0.2, 0) is 0 Å². The maximum atomic E-state index is 13.6. The van der Waals surface area contributed by atoms with E-state index in [2.05, 4.69) is 0 Å². The first-order chi connectivity index (χ1) is 15.9. The minimum atomic E-state index is -0.693. The van der Waals surface area contributed by atoms with Gasteiger partial charge in [-0.15, -0.1) is 0 Å². The van der Waals surface area contributed by atoms with Crippen LogP contribution in [0.15, 0.2) is 69.9 Å². The quantitative estimate of drug-likeness (QED) is 0.332. The van der Waals surface area contributed by atoms with Gasteiger partial charge in [0.15, 0.2) is 5.43 Å². The topological polar surface area (TPSA) is 59.8 Å². The molecule has 1 unspecified atom stereocenters. The SMILES string of the molecule is CCOc1ccc(C2c3c(oc4ccc(Cl)cc4c3=O)C(=O)N2c2ccc(C)c(Cl)c2)cc1. The molecule has 1 aliphatic heterocycles. The molecule has 7 heteroatoms. The van der Waals surface area contributed by atoms with Crippen molar-refractivity contribution in [1.29, 1.82) is 0 Å². The number of fused-ring (bicyclic) bond motifs is 2. The van der Waals surface area contributed by atoms with Crippen LogP contribution in [0.2, 0.25) is 10.0 Å². The second-order valence-electron chi connectivity index (χ2n) is 7.83. The molecule has 0 bridgehead atoms. The van der Waals surface area contributed by atoms with Gasteiger partial charge in [0.2, 0.25) is 5.76 Å². The Labute approximate surface area is 200 Å². The minimum absolute atomic E-state index is 0.0189. The molecule has 5 nitrogen and oxygen atoms in total. The highest BCUT2D eigenvalue weighted by molar-refractivity contribution is 6.32. The fourth-order valence-electron chi connectivity index (χ4n) is 4.17. The van der Waals surface area contributed by atoms with Gasteiger partial charge in [-0.2, -0.15) is 0 Å². The van der Waals surface area contributed by atoms with Crippen molar-refractivity contribution in [2.24, 2.45) is 0 Å². The average Bonchev–Trinajstić information content (AvgIpc) is 3.09. The Bertz CT molecular complexity index is 1460. The van der Waals surface area contributed by atoms with Gasteiger partial charge in [0.05, 0.1) is 23.6 Å². The first-order valence-corrected chi connectivity index (χ1v) is 11.2. The number of hydrogen-bond acceptors (Lipinski definition) is 4. The van der Waals surface area contributed by atoms with Gasteiger partial charge < -0.3 is 9.15 Å². The van der Waals surface area contributed by atoms with Crippen LogP contribution in [0.1, 0.15) is 40.2 Å². The van der Waals surface area contributed by atoms with Crippen LogP contribution in [0.5, 0.6) is 5.75 Å². The van der Waals surface area contributed by atoms with Crippen molar-refractivity contribution in [3.63, 3.8) is 0 Å². The van der Waals surface area contributed by atoms with Gasteiger partial charge >= 0.3 is 0 Å². The number of hydrogen-bond donors (Lipinski definition) is 0. The van der Waals surface area contributed by atoms with Crippen molar-refractivity contribution in [3.05, 3.63) is 103 Å². The first-order valence-electron chi connectivity index (χ1n) is 10.5. The van der Waals surface area contributed by atoms with Crippen molar-refractivity contribution in [1.82, 2.24) is 0 Å². The molecule has 1 atom stereocenters. The normalized spacial score (nSPS) is 15.2. The van der Waals surface area contributed by atoms with E-state index >= 15 is 0 Å². The van der Waals surface area contributed by atoms with E-state index in [9.17, 15) is 9.59 Å². The molecule has 33 heavy (non-hydrogen) atoms. The summed E-state index contributed by atoms with van der Waals surface area (Å²) in [7, 11) is 0. The Morgan fingerprint density at radius 2 is 1.76 bits per heavy atom. The van der Waals surface area contributed by atoms with E-state index in [1.807, 2.05) is 50.2 Å². The van der Waals surface area contributed by atoms with E-state index in [0.717, 1.165) is 11.1 Å². The molecule has 1 aliphatic rings. The molecule has 0 spiro atoms. The summed E-state index contributed by atoms with van der Waals surface area (Å²) < 4.78 is 11.5. The number of nitrogens with zero attached hydrogens (tertiary/aromatic N) is 1. The smallest absolute Gasteiger partial charge is 0.295 e. The summed E-state index contributed by atoms with van der Waals surface area (Å²) in [5.41, 5.74) is 2.50. The zero-order chi connectivity index (χ0) is 23.3. The summed E-state index contributed by atoms with van der Waals surface area (Å²) in [6, 6.07) is 16.8. The predicted molar refractivity (Wildman–Crippen MR) is 130 cm³/mol. The predicted octanol–water partition coefficient (Wildman–Crippen LogP) is 6.56. The van der Waals surface area contributed by atoms with Gasteiger partial charge in [0, 0.05) is 15.7 Å². The molecule has 3 aromatic carbocycles. The highest BCUT2D eigenvalue weighted by Gasteiger charge is 2.43. The second-order valence-corrected chi connectivity index (χ2v) is 8.67. The molecule has 1 amide bonds. The van der Waals surface area contributed by atoms with Gasteiger partial charge in [-0.25, -0.2) is 0 Å². The molecule has 5 rings (SSSR count). The van der Waals surface area contributed by atoms with Crippen molar-refractivity contribution < 1.29 is 13.9 Å². The fourth-order valence-corrected chi connectivity index (χ4v) is 4.52. The Kier molecular flexibility index (Phi) is 5.39. The minimum Gasteiger partial charge on any atom is -0.494 e. The molecule has 0 aliphatic carbocycles. The molecule has 0 radical (unpaired) electrons. The van der Waals surface area contributed by atoms with E-state index in [0.29, 0.717) is 39.1 Å². The van der Waals surface area contributed by atoms with Crippen LogP contribution in [0.25, 0.3) is 11.0 Å². The van der Waals surface area contributed by atoms with Crippen LogP contribution in [-0.4, -0.2) is 12.5 Å². The van der Waals surface area contributed by atoms with Crippen LogP contribution in [0.4, 0.5) is 5.69 Å². The third kappa shape index (κ3) is 3.58. The number of aryl methyl sites for hydroxylation is 1. The monoisotopic (exact) mass is 479 g/mol. The summed E-state index contributed by atoms with van der Waals surface area (Å²) in [4.78, 5) is 28.8.